The van der Waals surface area contributed by atoms with Crippen molar-refractivity contribution in [2.75, 3.05) is 0 Å². The Bertz CT molecular complexity index is 507. The molecule has 5 heteroatoms. The molecule has 0 aliphatic heterocycles. The van der Waals surface area contributed by atoms with Crippen LogP contribution < -0.4 is 0 Å². The van der Waals surface area contributed by atoms with Gasteiger partial charge in [0.1, 0.15) is 4.60 Å². The summed E-state index contributed by atoms with van der Waals surface area (Å²) < 4.78 is 37.7. The van der Waals surface area contributed by atoms with Crippen LogP contribution in [0.5, 0.6) is 0 Å². The fourth-order valence-corrected chi connectivity index (χ4v) is 1.64. The van der Waals surface area contributed by atoms with Crippen LogP contribution in [0.3, 0.4) is 0 Å². The molecular formula is C10H5BrF3N. The van der Waals surface area contributed by atoms with Crippen LogP contribution in [-0.2, 0) is 6.18 Å². The number of nitrogens with zero attached hydrogens (tertiary/aromatic N) is 1. The van der Waals surface area contributed by atoms with Gasteiger partial charge in [-0.2, -0.15) is 13.2 Å². The number of aromatic nitrogens is 1. The summed E-state index contributed by atoms with van der Waals surface area (Å²) >= 11 is 3.16. The average molecular weight is 276 g/mol. The normalized spacial score (nSPS) is 12.0. The van der Waals surface area contributed by atoms with Crippen molar-refractivity contribution in [3.05, 3.63) is 40.6 Å². The maximum Gasteiger partial charge on any atom is 0.416 e. The van der Waals surface area contributed by atoms with Crippen LogP contribution in [0, 0.1) is 0 Å². The Morgan fingerprint density at radius 3 is 2.47 bits per heavy atom. The van der Waals surface area contributed by atoms with Gasteiger partial charge in [-0.3, -0.25) is 0 Å². The van der Waals surface area contributed by atoms with Crippen molar-refractivity contribution in [1.29, 1.82) is 0 Å². The largest absolute Gasteiger partial charge is 0.416 e. The van der Waals surface area contributed by atoms with Gasteiger partial charge in [-0.25, -0.2) is 4.98 Å². The zero-order valence-corrected chi connectivity index (χ0v) is 8.93. The quantitative estimate of drug-likeness (QED) is 0.662. The zero-order valence-electron chi connectivity index (χ0n) is 7.35. The summed E-state index contributed by atoms with van der Waals surface area (Å²) in [6, 6.07) is 5.27. The molecule has 1 nitrogen and oxygen atoms in total. The summed E-state index contributed by atoms with van der Waals surface area (Å²) in [6.07, 6.45) is -2.89. The van der Waals surface area contributed by atoms with E-state index < -0.39 is 11.7 Å². The van der Waals surface area contributed by atoms with Gasteiger partial charge in [-0.05, 0) is 39.5 Å². The molecule has 15 heavy (non-hydrogen) atoms. The number of alkyl halides is 3. The summed E-state index contributed by atoms with van der Waals surface area (Å²) in [5.74, 6) is 0. The molecule has 1 heterocycles. The minimum atomic E-state index is -4.30. The first kappa shape index (κ1) is 10.4. The number of rotatable bonds is 0. The second-order valence-electron chi connectivity index (χ2n) is 3.07. The van der Waals surface area contributed by atoms with Gasteiger partial charge in [0, 0.05) is 11.6 Å². The molecule has 0 saturated heterocycles. The van der Waals surface area contributed by atoms with Gasteiger partial charge in [0.05, 0.1) is 5.56 Å². The SMILES string of the molecule is FC(F)(F)c1ccc2cc(Br)ncc2c1. The van der Waals surface area contributed by atoms with Crippen molar-refractivity contribution < 1.29 is 13.2 Å². The maximum atomic E-state index is 12.4. The lowest BCUT2D eigenvalue weighted by Gasteiger charge is -2.07. The molecular weight excluding hydrogens is 271 g/mol. The first-order valence-electron chi connectivity index (χ1n) is 4.09. The molecule has 0 amide bonds. The Kier molecular flexibility index (Phi) is 2.42. The summed E-state index contributed by atoms with van der Waals surface area (Å²) in [4.78, 5) is 3.88. The first-order valence-corrected chi connectivity index (χ1v) is 4.88. The minimum absolute atomic E-state index is 0.480. The van der Waals surface area contributed by atoms with Crippen LogP contribution in [-0.4, -0.2) is 4.98 Å². The number of hydrogen-bond acceptors (Lipinski definition) is 1. The van der Waals surface area contributed by atoms with Gasteiger partial charge in [-0.15, -0.1) is 0 Å². The van der Waals surface area contributed by atoms with Gasteiger partial charge in [0.25, 0.3) is 0 Å². The van der Waals surface area contributed by atoms with Crippen molar-refractivity contribution in [3.63, 3.8) is 0 Å². The predicted molar refractivity (Wildman–Crippen MR) is 54.4 cm³/mol. The van der Waals surface area contributed by atoms with E-state index in [9.17, 15) is 13.2 Å². The molecule has 0 aliphatic carbocycles. The number of pyridine rings is 1. The van der Waals surface area contributed by atoms with Crippen LogP contribution in [0.1, 0.15) is 5.56 Å². The molecule has 78 valence electrons. The molecule has 0 saturated carbocycles. The summed E-state index contributed by atoms with van der Waals surface area (Å²) in [6.45, 7) is 0. The Labute approximate surface area is 92.1 Å². The van der Waals surface area contributed by atoms with Gasteiger partial charge < -0.3 is 0 Å². The fourth-order valence-electron chi connectivity index (χ4n) is 1.29. The third kappa shape index (κ3) is 2.12. The van der Waals surface area contributed by atoms with E-state index in [0.29, 0.717) is 9.99 Å². The molecule has 0 unspecified atom stereocenters. The minimum Gasteiger partial charge on any atom is -0.249 e. The molecule has 0 spiro atoms. The van der Waals surface area contributed by atoms with Crippen molar-refractivity contribution in [2.24, 2.45) is 0 Å². The van der Waals surface area contributed by atoms with E-state index in [-0.39, 0.29) is 0 Å². The van der Waals surface area contributed by atoms with Crippen LogP contribution >= 0.6 is 15.9 Å². The van der Waals surface area contributed by atoms with E-state index in [0.717, 1.165) is 17.5 Å². The van der Waals surface area contributed by atoms with Crippen LogP contribution in [0.4, 0.5) is 13.2 Å². The Morgan fingerprint density at radius 1 is 1.07 bits per heavy atom. The lowest BCUT2D eigenvalue weighted by Crippen LogP contribution is -2.04. The van der Waals surface area contributed by atoms with Crippen molar-refractivity contribution in [1.82, 2.24) is 4.98 Å². The number of hydrogen-bond donors (Lipinski definition) is 0. The van der Waals surface area contributed by atoms with Gasteiger partial charge in [0.15, 0.2) is 0 Å². The average Bonchev–Trinajstić information content (AvgIpc) is 2.15. The lowest BCUT2D eigenvalue weighted by molar-refractivity contribution is -0.137. The van der Waals surface area contributed by atoms with E-state index in [1.807, 2.05) is 0 Å². The highest BCUT2D eigenvalue weighted by Gasteiger charge is 2.30. The van der Waals surface area contributed by atoms with Gasteiger partial charge >= 0.3 is 6.18 Å². The molecule has 0 atom stereocenters. The van der Waals surface area contributed by atoms with Crippen molar-refractivity contribution in [3.8, 4) is 0 Å². The van der Waals surface area contributed by atoms with Crippen LogP contribution in [0.15, 0.2) is 35.1 Å². The van der Waals surface area contributed by atoms with E-state index in [1.165, 1.54) is 12.3 Å². The molecule has 2 aromatic rings. The standard InChI is InChI=1S/C10H5BrF3N/c11-9-4-6-1-2-8(10(12,13)14)3-7(6)5-15-9/h1-5H. The maximum absolute atomic E-state index is 12.4. The summed E-state index contributed by atoms with van der Waals surface area (Å²) in [7, 11) is 0. The summed E-state index contributed by atoms with van der Waals surface area (Å²) in [5.41, 5.74) is -0.654. The molecule has 0 aliphatic rings. The van der Waals surface area contributed by atoms with Gasteiger partial charge in [0.2, 0.25) is 0 Å². The molecule has 0 radical (unpaired) electrons. The highest BCUT2D eigenvalue weighted by atomic mass is 79.9. The van der Waals surface area contributed by atoms with Crippen LogP contribution in [0.2, 0.25) is 0 Å². The smallest absolute Gasteiger partial charge is 0.249 e. The Hall–Kier alpha value is -1.10. The van der Waals surface area contributed by atoms with Crippen molar-refractivity contribution in [2.45, 2.75) is 6.18 Å². The van der Waals surface area contributed by atoms with Crippen LogP contribution in [0.25, 0.3) is 10.8 Å². The summed E-state index contributed by atoms with van der Waals surface area (Å²) in [5, 5.41) is 1.21. The second kappa shape index (κ2) is 3.48. The first-order chi connectivity index (χ1) is 6.97. The predicted octanol–water partition coefficient (Wildman–Crippen LogP) is 4.02. The topological polar surface area (TPSA) is 12.9 Å². The molecule has 1 aromatic carbocycles. The van der Waals surface area contributed by atoms with Crippen molar-refractivity contribution >= 4 is 26.7 Å². The van der Waals surface area contributed by atoms with Gasteiger partial charge in [-0.1, -0.05) is 6.07 Å². The van der Waals surface area contributed by atoms with E-state index >= 15 is 0 Å². The number of halogens is 4. The molecule has 0 fully saturated rings. The highest BCUT2D eigenvalue weighted by Crippen LogP contribution is 2.31. The Balaban J connectivity index is 2.62. The number of benzene rings is 1. The highest BCUT2D eigenvalue weighted by molar-refractivity contribution is 9.10. The second-order valence-corrected chi connectivity index (χ2v) is 3.88. The number of fused-ring (bicyclic) bond motifs is 1. The van der Waals surface area contributed by atoms with E-state index in [2.05, 4.69) is 20.9 Å². The monoisotopic (exact) mass is 275 g/mol. The molecule has 0 N–H and O–H groups in total. The third-order valence-corrected chi connectivity index (χ3v) is 2.45. The molecule has 2 rings (SSSR count). The Morgan fingerprint density at radius 2 is 1.80 bits per heavy atom. The third-order valence-electron chi connectivity index (χ3n) is 2.02. The molecule has 1 aromatic heterocycles. The van der Waals surface area contributed by atoms with E-state index in [4.69, 9.17) is 0 Å². The molecule has 0 bridgehead atoms. The zero-order chi connectivity index (χ0) is 11.1. The van der Waals surface area contributed by atoms with E-state index in [1.54, 1.807) is 6.07 Å². The fraction of sp³-hybridized carbons (Fsp3) is 0.100. The lowest BCUT2D eigenvalue weighted by atomic mass is 10.1.